The molecule has 23 heavy (non-hydrogen) atoms. The Kier molecular flexibility index (Phi) is 6.64. The van der Waals surface area contributed by atoms with E-state index in [2.05, 4.69) is 9.55 Å². The molecule has 0 atom stereocenters. The average molecular weight is 323 g/mol. The molecule has 1 heterocycles. The van der Waals surface area contributed by atoms with E-state index in [1.54, 1.807) is 21.3 Å². The Bertz CT molecular complexity index is 627. The summed E-state index contributed by atoms with van der Waals surface area (Å²) in [6, 6.07) is 3.83. The van der Waals surface area contributed by atoms with Gasteiger partial charge in [-0.05, 0) is 6.54 Å². The first kappa shape index (κ1) is 17.5. The molecule has 0 radical (unpaired) electrons. The summed E-state index contributed by atoms with van der Waals surface area (Å²) in [5.74, 6) is 2.29. The first-order valence-electron chi connectivity index (χ1n) is 7.63. The molecule has 0 fully saturated rings. The van der Waals surface area contributed by atoms with Crippen LogP contribution in [0.4, 0.5) is 0 Å². The van der Waals surface area contributed by atoms with Gasteiger partial charge >= 0.3 is 0 Å². The number of aromatic nitrogens is 2. The number of hydrogen-bond donors (Lipinski definition) is 1. The highest BCUT2D eigenvalue weighted by Crippen LogP contribution is 2.32. The van der Waals surface area contributed by atoms with Crippen LogP contribution in [0.3, 0.4) is 0 Å². The highest BCUT2D eigenvalue weighted by molar-refractivity contribution is 5.80. The predicted octanol–water partition coefficient (Wildman–Crippen LogP) is 1.22. The fraction of sp³-hybridized carbons (Fsp3) is 0.562. The Morgan fingerprint density at radius 3 is 2.43 bits per heavy atom. The van der Waals surface area contributed by atoms with Crippen LogP contribution < -0.4 is 15.2 Å². The second kappa shape index (κ2) is 8.71. The van der Waals surface area contributed by atoms with Gasteiger partial charge < -0.3 is 29.2 Å². The summed E-state index contributed by atoms with van der Waals surface area (Å²) in [5, 5.41) is 0. The van der Waals surface area contributed by atoms with E-state index in [4.69, 9.17) is 24.7 Å². The van der Waals surface area contributed by atoms with Gasteiger partial charge in [0.05, 0.1) is 45.1 Å². The quantitative estimate of drug-likeness (QED) is 0.662. The third kappa shape index (κ3) is 4.13. The molecule has 7 heteroatoms. The first-order valence-corrected chi connectivity index (χ1v) is 7.63. The zero-order valence-corrected chi connectivity index (χ0v) is 14.0. The zero-order chi connectivity index (χ0) is 16.7. The van der Waals surface area contributed by atoms with Gasteiger partial charge in [-0.3, -0.25) is 0 Å². The van der Waals surface area contributed by atoms with E-state index in [-0.39, 0.29) is 0 Å². The Labute approximate surface area is 136 Å². The van der Waals surface area contributed by atoms with Crippen LogP contribution in [0.2, 0.25) is 0 Å². The van der Waals surface area contributed by atoms with Crippen LogP contribution in [0, 0.1) is 0 Å². The van der Waals surface area contributed by atoms with E-state index in [1.165, 1.54) is 0 Å². The molecule has 2 N–H and O–H groups in total. The lowest BCUT2D eigenvalue weighted by atomic mass is 10.2. The van der Waals surface area contributed by atoms with Gasteiger partial charge in [0, 0.05) is 32.2 Å². The summed E-state index contributed by atoms with van der Waals surface area (Å²) in [6.45, 7) is 2.99. The van der Waals surface area contributed by atoms with Gasteiger partial charge in [-0.15, -0.1) is 0 Å². The number of methoxy groups -OCH3 is 3. The highest BCUT2D eigenvalue weighted by Gasteiger charge is 2.14. The van der Waals surface area contributed by atoms with Gasteiger partial charge in [-0.1, -0.05) is 0 Å². The van der Waals surface area contributed by atoms with Gasteiger partial charge in [0.1, 0.15) is 5.82 Å². The summed E-state index contributed by atoms with van der Waals surface area (Å²) >= 11 is 0. The van der Waals surface area contributed by atoms with Gasteiger partial charge in [-0.2, -0.15) is 0 Å². The summed E-state index contributed by atoms with van der Waals surface area (Å²) in [6.07, 6.45) is 0.706. The van der Waals surface area contributed by atoms with Crippen LogP contribution in [0.5, 0.6) is 11.5 Å². The van der Waals surface area contributed by atoms with Crippen molar-refractivity contribution in [3.05, 3.63) is 18.0 Å². The van der Waals surface area contributed by atoms with Crippen molar-refractivity contribution in [1.29, 1.82) is 0 Å². The van der Waals surface area contributed by atoms with E-state index < -0.39 is 0 Å². The topological polar surface area (TPSA) is 80.8 Å². The smallest absolute Gasteiger partial charge is 0.163 e. The van der Waals surface area contributed by atoms with Crippen molar-refractivity contribution in [3.63, 3.8) is 0 Å². The van der Waals surface area contributed by atoms with Crippen molar-refractivity contribution in [3.8, 4) is 11.5 Å². The third-order valence-electron chi connectivity index (χ3n) is 3.59. The Hall–Kier alpha value is -1.83. The molecule has 0 spiro atoms. The molecule has 2 rings (SSSR count). The summed E-state index contributed by atoms with van der Waals surface area (Å²) in [5.41, 5.74) is 7.56. The van der Waals surface area contributed by atoms with Crippen molar-refractivity contribution in [2.45, 2.75) is 13.0 Å². The molecule has 0 saturated carbocycles. The molecule has 0 aliphatic carbocycles. The number of ether oxygens (including phenoxy) is 4. The second-order valence-electron chi connectivity index (χ2n) is 5.02. The normalized spacial score (nSPS) is 11.1. The molecule has 0 bridgehead atoms. The molecule has 128 valence electrons. The molecule has 7 nitrogen and oxygen atoms in total. The Morgan fingerprint density at radius 2 is 1.78 bits per heavy atom. The number of nitrogens with zero attached hydrogens (tertiary/aromatic N) is 2. The minimum atomic E-state index is 0.544. The highest BCUT2D eigenvalue weighted by atomic mass is 16.5. The van der Waals surface area contributed by atoms with Crippen molar-refractivity contribution in [1.82, 2.24) is 9.55 Å². The fourth-order valence-corrected chi connectivity index (χ4v) is 2.47. The van der Waals surface area contributed by atoms with Crippen LogP contribution in [0.25, 0.3) is 11.0 Å². The van der Waals surface area contributed by atoms with E-state index in [9.17, 15) is 0 Å². The maximum absolute atomic E-state index is 5.71. The van der Waals surface area contributed by atoms with E-state index in [0.29, 0.717) is 50.8 Å². The molecule has 0 saturated heterocycles. The zero-order valence-electron chi connectivity index (χ0n) is 14.0. The molecule has 0 aliphatic rings. The summed E-state index contributed by atoms with van der Waals surface area (Å²) < 4.78 is 23.4. The minimum Gasteiger partial charge on any atom is -0.493 e. The first-order chi connectivity index (χ1) is 11.2. The lowest BCUT2D eigenvalue weighted by molar-refractivity contribution is 0.0667. The molecule has 0 aliphatic heterocycles. The number of fused-ring (bicyclic) bond motifs is 1. The largest absolute Gasteiger partial charge is 0.493 e. The van der Waals surface area contributed by atoms with Crippen LogP contribution in [0.1, 0.15) is 5.82 Å². The van der Waals surface area contributed by atoms with Gasteiger partial charge in [0.15, 0.2) is 11.5 Å². The molecular weight excluding hydrogens is 298 g/mol. The summed E-state index contributed by atoms with van der Waals surface area (Å²) in [7, 11) is 4.90. The van der Waals surface area contributed by atoms with E-state index >= 15 is 0 Å². The van der Waals surface area contributed by atoms with Gasteiger partial charge in [0.2, 0.25) is 0 Å². The maximum Gasteiger partial charge on any atom is 0.163 e. The SMILES string of the molecule is COCCOCCn1c(CCN)nc2cc(OC)c(OC)cc21. The molecule has 0 amide bonds. The molecule has 1 aromatic carbocycles. The van der Waals surface area contributed by atoms with Crippen molar-refractivity contribution < 1.29 is 18.9 Å². The lowest BCUT2D eigenvalue weighted by Crippen LogP contribution is -2.14. The Balaban J connectivity index is 2.29. The molecular formula is C16H25N3O4. The van der Waals surface area contributed by atoms with Gasteiger partial charge in [0.25, 0.3) is 0 Å². The fourth-order valence-electron chi connectivity index (χ4n) is 2.47. The average Bonchev–Trinajstić information content (AvgIpc) is 2.90. The monoisotopic (exact) mass is 323 g/mol. The number of imidazole rings is 1. The van der Waals surface area contributed by atoms with E-state index in [1.807, 2.05) is 12.1 Å². The van der Waals surface area contributed by atoms with Crippen LogP contribution in [-0.4, -0.2) is 57.2 Å². The molecule has 2 aromatic rings. The van der Waals surface area contributed by atoms with Crippen LogP contribution in [-0.2, 0) is 22.4 Å². The standard InChI is InChI=1S/C16H25N3O4/c1-20-8-9-23-7-6-19-13-11-15(22-3)14(21-2)10-12(13)18-16(19)4-5-17/h10-11H,4-9,17H2,1-3H3. The number of hydrogen-bond acceptors (Lipinski definition) is 6. The number of nitrogens with two attached hydrogens (primary N) is 1. The molecule has 1 aromatic heterocycles. The van der Waals surface area contributed by atoms with Crippen molar-refractivity contribution in [2.75, 3.05) is 47.7 Å². The minimum absolute atomic E-state index is 0.544. The van der Waals surface area contributed by atoms with Crippen LogP contribution in [0.15, 0.2) is 12.1 Å². The maximum atomic E-state index is 5.71. The predicted molar refractivity (Wildman–Crippen MR) is 88.3 cm³/mol. The third-order valence-corrected chi connectivity index (χ3v) is 3.59. The summed E-state index contributed by atoms with van der Waals surface area (Å²) in [4.78, 5) is 4.67. The number of rotatable bonds is 10. The van der Waals surface area contributed by atoms with E-state index in [0.717, 1.165) is 16.9 Å². The molecule has 0 unspecified atom stereocenters. The van der Waals surface area contributed by atoms with Crippen molar-refractivity contribution >= 4 is 11.0 Å². The lowest BCUT2D eigenvalue weighted by Gasteiger charge is -2.11. The second-order valence-corrected chi connectivity index (χ2v) is 5.02. The van der Waals surface area contributed by atoms with Crippen molar-refractivity contribution in [2.24, 2.45) is 5.73 Å². The van der Waals surface area contributed by atoms with Gasteiger partial charge in [-0.25, -0.2) is 4.98 Å². The number of benzene rings is 1. The Morgan fingerprint density at radius 1 is 1.04 bits per heavy atom. The van der Waals surface area contributed by atoms with Crippen LogP contribution >= 0.6 is 0 Å².